The van der Waals surface area contributed by atoms with E-state index in [9.17, 15) is 0 Å². The summed E-state index contributed by atoms with van der Waals surface area (Å²) in [5.41, 5.74) is 7.35. The summed E-state index contributed by atoms with van der Waals surface area (Å²) in [6, 6.07) is 0.180. The number of hydrogen-bond donors (Lipinski definition) is 1. The smallest absolute Gasteiger partial charge is 0.0241 e. The minimum absolute atomic E-state index is 0.180. The van der Waals surface area contributed by atoms with Crippen LogP contribution in [0.1, 0.15) is 38.5 Å². The molecular formula is C11H17N. The van der Waals surface area contributed by atoms with Gasteiger partial charge in [-0.15, -0.1) is 12.3 Å². The van der Waals surface area contributed by atoms with Crippen LogP contribution in [0.2, 0.25) is 0 Å². The van der Waals surface area contributed by atoms with Gasteiger partial charge in [0, 0.05) is 12.5 Å². The molecule has 0 aromatic heterocycles. The highest BCUT2D eigenvalue weighted by atomic mass is 14.6. The molecule has 0 amide bonds. The van der Waals surface area contributed by atoms with Crippen LogP contribution in [0, 0.1) is 12.3 Å². The van der Waals surface area contributed by atoms with Gasteiger partial charge < -0.3 is 5.73 Å². The number of terminal acetylenes is 1. The van der Waals surface area contributed by atoms with Crippen LogP contribution in [0.4, 0.5) is 0 Å². The summed E-state index contributed by atoms with van der Waals surface area (Å²) in [5.74, 6) is 2.60. The Balaban J connectivity index is 2.30. The fraction of sp³-hybridized carbons (Fsp3) is 0.636. The predicted molar refractivity (Wildman–Crippen MR) is 52.6 cm³/mol. The molecule has 12 heavy (non-hydrogen) atoms. The van der Waals surface area contributed by atoms with Gasteiger partial charge in [-0.25, -0.2) is 0 Å². The first-order valence-electron chi connectivity index (χ1n) is 4.70. The lowest BCUT2D eigenvalue weighted by Crippen LogP contribution is -2.20. The van der Waals surface area contributed by atoms with Crippen molar-refractivity contribution in [1.29, 1.82) is 0 Å². The van der Waals surface area contributed by atoms with E-state index in [0.717, 1.165) is 6.42 Å². The topological polar surface area (TPSA) is 26.0 Å². The lowest BCUT2D eigenvalue weighted by Gasteiger charge is -2.15. The number of allylic oxidation sites excluding steroid dienone is 1. The van der Waals surface area contributed by atoms with Crippen molar-refractivity contribution in [2.75, 3.05) is 0 Å². The summed E-state index contributed by atoms with van der Waals surface area (Å²) in [7, 11) is 0. The Morgan fingerprint density at radius 1 is 1.58 bits per heavy atom. The average Bonchev–Trinajstić information content (AvgIpc) is 2.06. The van der Waals surface area contributed by atoms with Gasteiger partial charge in [0.2, 0.25) is 0 Å². The summed E-state index contributed by atoms with van der Waals surface area (Å²) < 4.78 is 0. The fourth-order valence-electron chi connectivity index (χ4n) is 1.65. The first-order chi connectivity index (χ1) is 5.83. The molecule has 0 fully saturated rings. The van der Waals surface area contributed by atoms with Crippen molar-refractivity contribution >= 4 is 0 Å². The summed E-state index contributed by atoms with van der Waals surface area (Å²) >= 11 is 0. The summed E-state index contributed by atoms with van der Waals surface area (Å²) in [5, 5.41) is 0. The van der Waals surface area contributed by atoms with Crippen LogP contribution >= 0.6 is 0 Å². The highest BCUT2D eigenvalue weighted by molar-refractivity contribution is 5.07. The Morgan fingerprint density at radius 3 is 3.00 bits per heavy atom. The maximum atomic E-state index is 5.83. The van der Waals surface area contributed by atoms with Gasteiger partial charge in [0.05, 0.1) is 0 Å². The minimum Gasteiger partial charge on any atom is -0.327 e. The van der Waals surface area contributed by atoms with E-state index in [-0.39, 0.29) is 6.04 Å². The van der Waals surface area contributed by atoms with Gasteiger partial charge in [-0.1, -0.05) is 11.6 Å². The van der Waals surface area contributed by atoms with Gasteiger partial charge in [-0.2, -0.15) is 0 Å². The molecule has 0 saturated heterocycles. The van der Waals surface area contributed by atoms with Crippen molar-refractivity contribution in [1.82, 2.24) is 0 Å². The molecule has 1 atom stereocenters. The van der Waals surface area contributed by atoms with Crippen LogP contribution in [-0.4, -0.2) is 6.04 Å². The van der Waals surface area contributed by atoms with Crippen LogP contribution in [0.3, 0.4) is 0 Å². The second kappa shape index (κ2) is 5.00. The lowest BCUT2D eigenvalue weighted by atomic mass is 9.94. The Kier molecular flexibility index (Phi) is 3.90. The Hall–Kier alpha value is -0.740. The fourth-order valence-corrected chi connectivity index (χ4v) is 1.65. The quantitative estimate of drug-likeness (QED) is 0.501. The Bertz CT molecular complexity index is 198. The molecule has 66 valence electrons. The third-order valence-electron chi connectivity index (χ3n) is 2.29. The summed E-state index contributed by atoms with van der Waals surface area (Å²) in [6.07, 6.45) is 14.4. The van der Waals surface area contributed by atoms with Crippen LogP contribution in [0.5, 0.6) is 0 Å². The number of rotatable bonds is 3. The maximum absolute atomic E-state index is 5.83. The molecule has 0 saturated carbocycles. The van der Waals surface area contributed by atoms with Gasteiger partial charge in [-0.05, 0) is 32.1 Å². The largest absolute Gasteiger partial charge is 0.327 e. The van der Waals surface area contributed by atoms with E-state index in [1.54, 1.807) is 0 Å². The molecule has 0 aromatic rings. The molecule has 1 aliphatic rings. The van der Waals surface area contributed by atoms with Crippen molar-refractivity contribution in [2.45, 2.75) is 44.6 Å². The molecule has 1 aliphatic carbocycles. The molecule has 0 radical (unpaired) electrons. The van der Waals surface area contributed by atoms with Crippen molar-refractivity contribution in [3.63, 3.8) is 0 Å². The maximum Gasteiger partial charge on any atom is 0.0241 e. The zero-order valence-electron chi connectivity index (χ0n) is 7.55. The second-order valence-electron chi connectivity index (χ2n) is 3.48. The molecule has 0 spiro atoms. The average molecular weight is 163 g/mol. The molecular weight excluding hydrogens is 146 g/mol. The highest BCUT2D eigenvalue weighted by Crippen LogP contribution is 2.21. The van der Waals surface area contributed by atoms with E-state index in [1.165, 1.54) is 31.3 Å². The van der Waals surface area contributed by atoms with Gasteiger partial charge in [0.1, 0.15) is 0 Å². The van der Waals surface area contributed by atoms with E-state index in [2.05, 4.69) is 12.0 Å². The first-order valence-corrected chi connectivity index (χ1v) is 4.70. The zero-order valence-corrected chi connectivity index (χ0v) is 7.55. The molecule has 1 nitrogen and oxygen atoms in total. The summed E-state index contributed by atoms with van der Waals surface area (Å²) in [4.78, 5) is 0. The molecule has 1 heteroatoms. The minimum atomic E-state index is 0.180. The van der Waals surface area contributed by atoms with Gasteiger partial charge in [-0.3, -0.25) is 0 Å². The zero-order chi connectivity index (χ0) is 8.81. The molecule has 0 heterocycles. The second-order valence-corrected chi connectivity index (χ2v) is 3.48. The van der Waals surface area contributed by atoms with E-state index in [4.69, 9.17) is 12.2 Å². The van der Waals surface area contributed by atoms with Crippen LogP contribution in [0.25, 0.3) is 0 Å². The predicted octanol–water partition coefficient (Wildman–Crippen LogP) is 2.23. The van der Waals surface area contributed by atoms with Crippen molar-refractivity contribution < 1.29 is 0 Å². The number of hydrogen-bond acceptors (Lipinski definition) is 1. The van der Waals surface area contributed by atoms with Crippen molar-refractivity contribution in [3.05, 3.63) is 11.6 Å². The lowest BCUT2D eigenvalue weighted by molar-refractivity contribution is 0.617. The van der Waals surface area contributed by atoms with E-state index in [0.29, 0.717) is 6.42 Å². The van der Waals surface area contributed by atoms with E-state index in [1.807, 2.05) is 0 Å². The highest BCUT2D eigenvalue weighted by Gasteiger charge is 2.07. The Labute approximate surface area is 75.0 Å². The normalized spacial score (nSPS) is 19.5. The van der Waals surface area contributed by atoms with Crippen molar-refractivity contribution in [2.24, 2.45) is 5.73 Å². The number of nitrogens with two attached hydrogens (primary N) is 1. The molecule has 1 unspecified atom stereocenters. The van der Waals surface area contributed by atoms with Crippen molar-refractivity contribution in [3.8, 4) is 12.3 Å². The molecule has 0 bridgehead atoms. The van der Waals surface area contributed by atoms with E-state index >= 15 is 0 Å². The first kappa shape index (κ1) is 9.35. The van der Waals surface area contributed by atoms with Gasteiger partial charge >= 0.3 is 0 Å². The van der Waals surface area contributed by atoms with Gasteiger partial charge in [0.15, 0.2) is 0 Å². The van der Waals surface area contributed by atoms with E-state index < -0.39 is 0 Å². The Morgan fingerprint density at radius 2 is 2.42 bits per heavy atom. The van der Waals surface area contributed by atoms with Crippen LogP contribution < -0.4 is 5.73 Å². The van der Waals surface area contributed by atoms with Gasteiger partial charge in [0.25, 0.3) is 0 Å². The van der Waals surface area contributed by atoms with Crippen LogP contribution in [-0.2, 0) is 0 Å². The molecule has 0 aromatic carbocycles. The molecule has 2 N–H and O–H groups in total. The molecule has 0 aliphatic heterocycles. The monoisotopic (exact) mass is 163 g/mol. The third kappa shape index (κ3) is 3.11. The van der Waals surface area contributed by atoms with Crippen LogP contribution in [0.15, 0.2) is 11.6 Å². The SMILES string of the molecule is C#CCC(N)CC1=CCCCC1. The summed E-state index contributed by atoms with van der Waals surface area (Å²) in [6.45, 7) is 0. The third-order valence-corrected chi connectivity index (χ3v) is 2.29. The molecule has 1 rings (SSSR count). The standard InChI is InChI=1S/C11H17N/c1-2-6-11(12)9-10-7-4-3-5-8-10/h1,7,11H,3-6,8-9,12H2.